The molecule has 0 fully saturated rings. The van der Waals surface area contributed by atoms with E-state index in [0.717, 1.165) is 13.1 Å². The van der Waals surface area contributed by atoms with Crippen molar-refractivity contribution in [3.05, 3.63) is 34.8 Å². The number of thiazole rings is 1. The number of hydrogen-bond donors (Lipinski definition) is 1. The van der Waals surface area contributed by atoms with Gasteiger partial charge in [0, 0.05) is 48.0 Å². The minimum atomic E-state index is 0.144. The molecular weight excluding hydrogens is 256 g/mol. The molecule has 1 N–H and O–H groups in total. The Balaban J connectivity index is 1.83. The molecule has 0 saturated carbocycles. The van der Waals surface area contributed by atoms with Crippen LogP contribution in [-0.2, 0) is 18.5 Å². The Morgan fingerprint density at radius 2 is 2.21 bits per heavy atom. The summed E-state index contributed by atoms with van der Waals surface area (Å²) in [7, 11) is 0. The summed E-state index contributed by atoms with van der Waals surface area (Å²) in [5, 5.41) is 4.72. The number of imidazole rings is 1. The normalized spacial score (nSPS) is 13.7. The monoisotopic (exact) mass is 278 g/mol. The van der Waals surface area contributed by atoms with Crippen molar-refractivity contribution in [2.24, 2.45) is 0 Å². The van der Waals surface area contributed by atoms with Crippen molar-refractivity contribution in [1.29, 1.82) is 0 Å². The number of rotatable bonds is 5. The van der Waals surface area contributed by atoms with Gasteiger partial charge in [0.1, 0.15) is 0 Å². The van der Waals surface area contributed by atoms with E-state index in [2.05, 4.69) is 47.5 Å². The van der Waals surface area contributed by atoms with E-state index in [0.29, 0.717) is 6.04 Å². The maximum Gasteiger partial charge on any atom is 0.0981 e. The molecule has 1 atom stereocenters. The van der Waals surface area contributed by atoms with Gasteiger partial charge in [0.05, 0.1) is 11.3 Å². The second-order valence-electron chi connectivity index (χ2n) is 5.92. The van der Waals surface area contributed by atoms with Crippen molar-refractivity contribution in [2.75, 3.05) is 0 Å². The van der Waals surface area contributed by atoms with Gasteiger partial charge in [-0.25, -0.2) is 9.97 Å². The smallest absolute Gasteiger partial charge is 0.0981 e. The Kier molecular flexibility index (Phi) is 4.37. The van der Waals surface area contributed by atoms with Gasteiger partial charge in [-0.1, -0.05) is 20.8 Å². The first-order chi connectivity index (χ1) is 8.95. The van der Waals surface area contributed by atoms with Crippen LogP contribution in [0.25, 0.3) is 0 Å². The first-order valence-electron chi connectivity index (χ1n) is 6.59. The van der Waals surface area contributed by atoms with E-state index in [1.54, 1.807) is 11.3 Å². The molecule has 0 saturated heterocycles. The molecule has 0 radical (unpaired) electrons. The lowest BCUT2D eigenvalue weighted by molar-refractivity contribution is 0.478. The third-order valence-electron chi connectivity index (χ3n) is 2.86. The van der Waals surface area contributed by atoms with Crippen molar-refractivity contribution < 1.29 is 0 Å². The zero-order valence-electron chi connectivity index (χ0n) is 12.1. The van der Waals surface area contributed by atoms with Gasteiger partial charge in [0.15, 0.2) is 0 Å². The fourth-order valence-electron chi connectivity index (χ4n) is 1.79. The fraction of sp³-hybridized carbons (Fsp3) is 0.571. The molecule has 0 spiro atoms. The summed E-state index contributed by atoms with van der Waals surface area (Å²) < 4.78 is 2.09. The van der Waals surface area contributed by atoms with Crippen LogP contribution in [0.2, 0.25) is 0 Å². The first-order valence-corrected chi connectivity index (χ1v) is 7.41. The molecule has 104 valence electrons. The highest BCUT2D eigenvalue weighted by atomic mass is 32.1. The highest BCUT2D eigenvalue weighted by Crippen LogP contribution is 2.26. The maximum atomic E-state index is 4.50. The molecule has 0 amide bonds. The minimum Gasteiger partial charge on any atom is -0.336 e. The topological polar surface area (TPSA) is 42.7 Å². The average Bonchev–Trinajstić information content (AvgIpc) is 2.95. The molecule has 2 aromatic heterocycles. The molecule has 0 bridgehead atoms. The summed E-state index contributed by atoms with van der Waals surface area (Å²) in [4.78, 5) is 9.85. The summed E-state index contributed by atoms with van der Waals surface area (Å²) in [6.07, 6.45) is 7.64. The van der Waals surface area contributed by atoms with Gasteiger partial charge in [0.2, 0.25) is 0 Å². The van der Waals surface area contributed by atoms with E-state index in [1.807, 2.05) is 24.9 Å². The Morgan fingerprint density at radius 3 is 2.79 bits per heavy atom. The second kappa shape index (κ2) is 5.84. The van der Waals surface area contributed by atoms with Crippen molar-refractivity contribution in [2.45, 2.75) is 52.2 Å². The van der Waals surface area contributed by atoms with Crippen LogP contribution >= 0.6 is 11.3 Å². The third kappa shape index (κ3) is 4.14. The minimum absolute atomic E-state index is 0.144. The van der Waals surface area contributed by atoms with E-state index < -0.39 is 0 Å². The van der Waals surface area contributed by atoms with Gasteiger partial charge < -0.3 is 9.88 Å². The summed E-state index contributed by atoms with van der Waals surface area (Å²) in [5.41, 5.74) is 0.144. The van der Waals surface area contributed by atoms with E-state index in [9.17, 15) is 0 Å². The number of hydrogen-bond acceptors (Lipinski definition) is 4. The van der Waals surface area contributed by atoms with Crippen LogP contribution in [-0.4, -0.2) is 20.6 Å². The lowest BCUT2D eigenvalue weighted by Crippen LogP contribution is -2.29. The highest BCUT2D eigenvalue weighted by Gasteiger charge is 2.17. The number of aromatic nitrogens is 3. The molecule has 0 aliphatic heterocycles. The molecule has 2 heterocycles. The second-order valence-corrected chi connectivity index (χ2v) is 7.04. The van der Waals surface area contributed by atoms with E-state index in [-0.39, 0.29) is 5.41 Å². The van der Waals surface area contributed by atoms with Crippen LogP contribution in [0.3, 0.4) is 0 Å². The fourth-order valence-corrected chi connectivity index (χ4v) is 2.71. The molecule has 2 aromatic rings. The van der Waals surface area contributed by atoms with Crippen LogP contribution in [0.15, 0.2) is 24.9 Å². The lowest BCUT2D eigenvalue weighted by atomic mass is 9.98. The van der Waals surface area contributed by atoms with Gasteiger partial charge in [-0.2, -0.15) is 0 Å². The molecule has 5 heteroatoms. The molecule has 0 aromatic carbocycles. The Labute approximate surface area is 118 Å². The molecule has 0 aliphatic rings. The van der Waals surface area contributed by atoms with Crippen LogP contribution in [0.1, 0.15) is 37.6 Å². The predicted molar refractivity (Wildman–Crippen MR) is 79.3 cm³/mol. The molecule has 1 unspecified atom stereocenters. The molecule has 2 rings (SSSR count). The van der Waals surface area contributed by atoms with Gasteiger partial charge in [-0.15, -0.1) is 11.3 Å². The Morgan fingerprint density at radius 1 is 1.42 bits per heavy atom. The van der Waals surface area contributed by atoms with E-state index >= 15 is 0 Å². The van der Waals surface area contributed by atoms with Gasteiger partial charge in [-0.05, 0) is 6.92 Å². The van der Waals surface area contributed by atoms with Gasteiger partial charge in [0.25, 0.3) is 0 Å². The number of nitrogens with zero attached hydrogens (tertiary/aromatic N) is 3. The Hall–Kier alpha value is -1.20. The first kappa shape index (κ1) is 14.2. The largest absolute Gasteiger partial charge is 0.336 e. The molecule has 4 nitrogen and oxygen atoms in total. The zero-order chi connectivity index (χ0) is 13.9. The van der Waals surface area contributed by atoms with Crippen LogP contribution in [0.5, 0.6) is 0 Å². The quantitative estimate of drug-likeness (QED) is 0.914. The summed E-state index contributed by atoms with van der Waals surface area (Å²) >= 11 is 1.80. The van der Waals surface area contributed by atoms with Gasteiger partial charge >= 0.3 is 0 Å². The molecule has 19 heavy (non-hydrogen) atoms. The lowest BCUT2D eigenvalue weighted by Gasteiger charge is -2.14. The summed E-state index contributed by atoms with van der Waals surface area (Å²) in [5.74, 6) is 0. The summed E-state index contributed by atoms with van der Waals surface area (Å²) in [6.45, 7) is 10.6. The SMILES string of the molecule is CC(Cn1ccnc1)NCc1cnc(C(C)(C)C)s1. The zero-order valence-corrected chi connectivity index (χ0v) is 12.9. The maximum absolute atomic E-state index is 4.50. The predicted octanol–water partition coefficient (Wildman–Crippen LogP) is 2.82. The van der Waals surface area contributed by atoms with E-state index in [4.69, 9.17) is 0 Å². The van der Waals surface area contributed by atoms with Crippen molar-refractivity contribution >= 4 is 11.3 Å². The summed E-state index contributed by atoms with van der Waals surface area (Å²) in [6, 6.07) is 0.411. The Bertz CT molecular complexity index is 496. The van der Waals surface area contributed by atoms with E-state index in [1.165, 1.54) is 9.88 Å². The van der Waals surface area contributed by atoms with Crippen molar-refractivity contribution in [3.63, 3.8) is 0 Å². The average molecular weight is 278 g/mol. The number of nitrogens with one attached hydrogen (secondary N) is 1. The third-order valence-corrected chi connectivity index (χ3v) is 4.29. The van der Waals surface area contributed by atoms with Crippen LogP contribution in [0, 0.1) is 0 Å². The standard InChI is InChI=1S/C14H22N4S/c1-11(9-18-6-5-15-10-18)16-7-12-8-17-13(19-12)14(2,3)4/h5-6,8,10-11,16H,7,9H2,1-4H3. The molecular formula is C14H22N4S. The van der Waals surface area contributed by atoms with Gasteiger partial charge in [-0.3, -0.25) is 0 Å². The van der Waals surface area contributed by atoms with Crippen LogP contribution < -0.4 is 5.32 Å². The highest BCUT2D eigenvalue weighted by molar-refractivity contribution is 7.11. The molecule has 0 aliphatic carbocycles. The van der Waals surface area contributed by atoms with Crippen LogP contribution in [0.4, 0.5) is 0 Å². The van der Waals surface area contributed by atoms with Crippen molar-refractivity contribution in [1.82, 2.24) is 19.9 Å². The van der Waals surface area contributed by atoms with Crippen molar-refractivity contribution in [3.8, 4) is 0 Å².